The molecule has 0 spiro atoms. The summed E-state index contributed by atoms with van der Waals surface area (Å²) in [5.74, 6) is -1.14. The zero-order valence-corrected chi connectivity index (χ0v) is 55.7. The monoisotopic (exact) mass is 1370 g/mol. The summed E-state index contributed by atoms with van der Waals surface area (Å²) in [5.41, 5.74) is 0. The van der Waals surface area contributed by atoms with Crippen LogP contribution in [0.15, 0.2) is 12.2 Å². The molecule has 5 rings (SSSR count). The number of aliphatic hydroxyl groups is 16. The summed E-state index contributed by atoms with van der Waals surface area (Å²) in [7, 11) is 0. The number of carbonyl (C=O) groups is 2. The molecule has 0 saturated carbocycles. The van der Waals surface area contributed by atoms with Crippen LogP contribution in [0, 0.1) is 0 Å². The molecule has 2 amide bonds. The maximum atomic E-state index is 13.4. The molecule has 18 N–H and O–H groups in total. The number of aliphatic hydroxyl groups excluding tert-OH is 16. The van der Waals surface area contributed by atoms with Crippen LogP contribution in [-0.2, 0) is 57.0 Å². The van der Waals surface area contributed by atoms with E-state index in [4.69, 9.17) is 47.4 Å². The predicted octanol–water partition coefficient (Wildman–Crippen LogP) is -1.56. The molecule has 0 radical (unpaired) electrons. The molecular weight excluding hydrogens is 1260 g/mol. The molecule has 95 heavy (non-hydrogen) atoms. The first-order valence-corrected chi connectivity index (χ1v) is 35.0. The number of allylic oxidation sites excluding steroid dienone is 1. The molecular formula is C65H118N2O28. The Labute approximate surface area is 558 Å². The minimum Gasteiger partial charge on any atom is -0.394 e. The van der Waals surface area contributed by atoms with Crippen LogP contribution in [0.1, 0.15) is 181 Å². The molecule has 0 bridgehead atoms. The molecule has 0 aromatic carbocycles. The number of nitrogens with one attached hydrogen (secondary N) is 2. The third-order valence-corrected chi connectivity index (χ3v) is 18.5. The Bertz CT molecular complexity index is 2090. The summed E-state index contributed by atoms with van der Waals surface area (Å²) in [5, 5.41) is 181. The van der Waals surface area contributed by atoms with Gasteiger partial charge >= 0.3 is 0 Å². The van der Waals surface area contributed by atoms with E-state index in [0.29, 0.717) is 12.8 Å². The molecule has 0 unspecified atom stereocenters. The van der Waals surface area contributed by atoms with E-state index in [1.165, 1.54) is 96.3 Å². The van der Waals surface area contributed by atoms with Gasteiger partial charge < -0.3 is 140 Å². The first-order chi connectivity index (χ1) is 45.7. The molecule has 5 fully saturated rings. The molecule has 5 aliphatic rings. The minimum atomic E-state index is -2.19. The number of carbonyl (C=O) groups excluding carboxylic acids is 2. The van der Waals surface area contributed by atoms with Crippen molar-refractivity contribution in [2.75, 3.05) is 39.6 Å². The van der Waals surface area contributed by atoms with Gasteiger partial charge in [-0.15, -0.1) is 0 Å². The highest BCUT2D eigenvalue weighted by atomic mass is 16.8. The minimum absolute atomic E-state index is 0.197. The van der Waals surface area contributed by atoms with Crippen molar-refractivity contribution in [3.05, 3.63) is 12.2 Å². The Morgan fingerprint density at radius 1 is 0.411 bits per heavy atom. The number of amides is 2. The average molecular weight is 1380 g/mol. The summed E-state index contributed by atoms with van der Waals surface area (Å²) in [6.45, 7) is 0.310. The number of ether oxygens (including phenoxy) is 10. The highest BCUT2D eigenvalue weighted by Gasteiger charge is 2.57. The van der Waals surface area contributed by atoms with Crippen molar-refractivity contribution in [1.29, 1.82) is 0 Å². The number of unbranched alkanes of at least 4 members (excludes halogenated alkanes) is 22. The molecule has 5 heterocycles. The first-order valence-electron chi connectivity index (χ1n) is 35.0. The van der Waals surface area contributed by atoms with Gasteiger partial charge in [0.1, 0.15) is 122 Å². The van der Waals surface area contributed by atoms with Crippen LogP contribution < -0.4 is 10.6 Å². The van der Waals surface area contributed by atoms with Gasteiger partial charge in [0.15, 0.2) is 31.5 Å². The van der Waals surface area contributed by atoms with Gasteiger partial charge in [-0.3, -0.25) is 9.59 Å². The zero-order chi connectivity index (χ0) is 69.6. The maximum Gasteiger partial charge on any atom is 0.220 e. The Hall–Kier alpha value is -2.36. The molecule has 30 nitrogen and oxygen atoms in total. The lowest BCUT2D eigenvalue weighted by Crippen LogP contribution is -2.70. The van der Waals surface area contributed by atoms with E-state index in [2.05, 4.69) is 24.5 Å². The van der Waals surface area contributed by atoms with Gasteiger partial charge in [-0.1, -0.05) is 161 Å². The third kappa shape index (κ3) is 25.6. The summed E-state index contributed by atoms with van der Waals surface area (Å²) in [4.78, 5) is 26.0. The third-order valence-electron chi connectivity index (χ3n) is 18.5. The lowest BCUT2D eigenvalue weighted by atomic mass is 9.94. The molecule has 0 aliphatic carbocycles. The normalized spacial score (nSPS) is 36.9. The van der Waals surface area contributed by atoms with E-state index in [0.717, 1.165) is 51.9 Å². The van der Waals surface area contributed by atoms with Crippen molar-refractivity contribution < 1.29 is 139 Å². The van der Waals surface area contributed by atoms with Crippen molar-refractivity contribution in [2.45, 2.75) is 347 Å². The SMILES string of the molecule is CCCCCCCCCCCC/C=C/[C@@H](O)[C@H](CO[C@@H]1O[C@H](CO)[C@@H](O[C@@H]2O[C@H](CO)[C@H](O[C@H]3O[C@H](CO)[C@H](O)[C@H](O[C@@H]4O[C@H](CO)[C@H](O)[C@H](O[C@@H]5O[C@H](CO)[C@H](O)[C@H](O)[C@H]5O)[C@H]4NC(C)=O)[C@H]3O)[C@H](O)[C@H]2O)[C@H](O)[C@H]1O)NC(=O)CCCCCCCCCCCCCCC. The highest BCUT2D eigenvalue weighted by molar-refractivity contribution is 5.76. The largest absolute Gasteiger partial charge is 0.394 e. The molecule has 30 heteroatoms. The fourth-order valence-electron chi connectivity index (χ4n) is 12.7. The molecule has 0 aromatic rings. The second-order valence-corrected chi connectivity index (χ2v) is 26.1. The second-order valence-electron chi connectivity index (χ2n) is 26.1. The zero-order valence-electron chi connectivity index (χ0n) is 55.7. The average Bonchev–Trinajstić information content (AvgIpc) is 0.783. The lowest BCUT2D eigenvalue weighted by Gasteiger charge is -2.50. The summed E-state index contributed by atoms with van der Waals surface area (Å²) in [6, 6.07) is -2.74. The summed E-state index contributed by atoms with van der Waals surface area (Å²) < 4.78 is 58.3. The van der Waals surface area contributed by atoms with Gasteiger partial charge in [-0.2, -0.15) is 0 Å². The van der Waals surface area contributed by atoms with Crippen LogP contribution in [0.2, 0.25) is 0 Å². The number of rotatable bonds is 45. The molecule has 5 saturated heterocycles. The van der Waals surface area contributed by atoms with Crippen LogP contribution in [0.5, 0.6) is 0 Å². The van der Waals surface area contributed by atoms with Crippen molar-refractivity contribution in [2.24, 2.45) is 0 Å². The van der Waals surface area contributed by atoms with Gasteiger partial charge in [0, 0.05) is 13.3 Å². The second kappa shape index (κ2) is 44.8. The number of hydrogen-bond donors (Lipinski definition) is 18. The highest BCUT2D eigenvalue weighted by Crippen LogP contribution is 2.36. The molecule has 556 valence electrons. The quantitative estimate of drug-likeness (QED) is 0.0242. The lowest BCUT2D eigenvalue weighted by molar-refractivity contribution is -0.389. The summed E-state index contributed by atoms with van der Waals surface area (Å²) in [6.07, 6.45) is -15.5. The van der Waals surface area contributed by atoms with E-state index in [1.807, 2.05) is 6.08 Å². The van der Waals surface area contributed by atoms with Crippen LogP contribution >= 0.6 is 0 Å². The van der Waals surface area contributed by atoms with Crippen LogP contribution in [-0.4, -0.2) is 299 Å². The van der Waals surface area contributed by atoms with E-state index in [-0.39, 0.29) is 12.3 Å². The maximum absolute atomic E-state index is 13.4. The van der Waals surface area contributed by atoms with Gasteiger partial charge in [-0.25, -0.2) is 0 Å². The van der Waals surface area contributed by atoms with Crippen molar-refractivity contribution in [1.82, 2.24) is 10.6 Å². The van der Waals surface area contributed by atoms with E-state index in [9.17, 15) is 91.3 Å². The van der Waals surface area contributed by atoms with E-state index >= 15 is 0 Å². The first kappa shape index (κ1) is 83.3. The number of hydrogen-bond acceptors (Lipinski definition) is 28. The van der Waals surface area contributed by atoms with Crippen LogP contribution in [0.4, 0.5) is 0 Å². The van der Waals surface area contributed by atoms with Crippen molar-refractivity contribution in [3.63, 3.8) is 0 Å². The van der Waals surface area contributed by atoms with Crippen molar-refractivity contribution >= 4 is 11.8 Å². The standard InChI is InChI=1S/C65H118N2O28/c1-4-6-8-10-12-14-16-18-20-22-24-26-28-30-45(75)67-38(39(74)29-27-25-23-21-19-17-15-13-11-9-7-5-2)36-86-62-54(83)51(80)57(43(34-71)90-62)92-64-55(84)52(81)58(44(35-72)91-64)93-65-56(85)60(49(78)42(33-70)89-65)95-61-46(66-37(3)73)59(48(77)41(32-69)87-61)94-63-53(82)50(79)47(76)40(31-68)88-63/h27,29,38-44,46-65,68-72,74,76-85H,4-26,28,30-36H2,1-3H3,(H,66,73)(H,67,75)/b29-27+/t38-,39+,40+,41+,42+,43+,44+,46+,47-,48-,49-,50-,51+,52+,53+,54+,55+,56+,57+,58-,59+,60-,61-,62+,63-,64-,65+/m0/s1. The Balaban J connectivity index is 1.20. The van der Waals surface area contributed by atoms with Crippen LogP contribution in [0.3, 0.4) is 0 Å². The van der Waals surface area contributed by atoms with Gasteiger partial charge in [0.05, 0.1) is 51.8 Å². The van der Waals surface area contributed by atoms with Gasteiger partial charge in [0.2, 0.25) is 11.8 Å². The fraction of sp³-hybridized carbons (Fsp3) is 0.938. The molecule has 5 aliphatic heterocycles. The topological polar surface area (TPSA) is 474 Å². The Morgan fingerprint density at radius 2 is 0.779 bits per heavy atom. The predicted molar refractivity (Wildman–Crippen MR) is 336 cm³/mol. The molecule has 27 atom stereocenters. The van der Waals surface area contributed by atoms with Crippen LogP contribution in [0.25, 0.3) is 0 Å². The van der Waals surface area contributed by atoms with Crippen molar-refractivity contribution in [3.8, 4) is 0 Å². The Kier molecular flexibility index (Phi) is 39.3. The Morgan fingerprint density at radius 3 is 1.25 bits per heavy atom. The fourth-order valence-corrected chi connectivity index (χ4v) is 12.7. The van der Waals surface area contributed by atoms with Gasteiger partial charge in [-0.05, 0) is 19.3 Å². The van der Waals surface area contributed by atoms with E-state index in [1.54, 1.807) is 6.08 Å². The smallest absolute Gasteiger partial charge is 0.220 e. The molecule has 0 aromatic heterocycles. The van der Waals surface area contributed by atoms with Gasteiger partial charge in [0.25, 0.3) is 0 Å². The summed E-state index contributed by atoms with van der Waals surface area (Å²) >= 11 is 0. The van der Waals surface area contributed by atoms with E-state index < -0.39 is 211 Å².